The first kappa shape index (κ1) is 19.0. The molecule has 0 spiro atoms. The van der Waals surface area contributed by atoms with E-state index in [0.717, 1.165) is 0 Å². The third-order valence-electron chi connectivity index (χ3n) is 3.71. The number of halogens is 4. The van der Waals surface area contributed by atoms with E-state index >= 15 is 0 Å². The summed E-state index contributed by atoms with van der Waals surface area (Å²) in [5.74, 6) is -3.71. The van der Waals surface area contributed by atoms with Gasteiger partial charge >= 0.3 is 0 Å². The molecule has 0 fully saturated rings. The summed E-state index contributed by atoms with van der Waals surface area (Å²) < 4.78 is 83.0. The molecule has 2 heterocycles. The van der Waals surface area contributed by atoms with Crippen molar-refractivity contribution in [2.45, 2.75) is 18.2 Å². The minimum absolute atomic E-state index is 0.139. The summed E-state index contributed by atoms with van der Waals surface area (Å²) in [4.78, 5) is 3.01. The van der Waals surface area contributed by atoms with Crippen molar-refractivity contribution >= 4 is 9.84 Å². The molecule has 0 saturated heterocycles. The first-order valence-electron chi connectivity index (χ1n) is 7.51. The maximum absolute atomic E-state index is 14.3. The predicted octanol–water partition coefficient (Wildman–Crippen LogP) is 4.33. The second kappa shape index (κ2) is 6.76. The summed E-state index contributed by atoms with van der Waals surface area (Å²) in [5.41, 5.74) is -0.119. The number of alkyl halides is 2. The number of nitrogens with zero attached hydrogens (tertiary/aromatic N) is 2. The van der Waals surface area contributed by atoms with Gasteiger partial charge in [0.1, 0.15) is 22.2 Å². The number of aromatic nitrogens is 2. The Bertz CT molecular complexity index is 1100. The molecule has 0 aliphatic carbocycles. The van der Waals surface area contributed by atoms with Crippen molar-refractivity contribution in [1.29, 1.82) is 0 Å². The van der Waals surface area contributed by atoms with Gasteiger partial charge in [-0.15, -0.1) is 0 Å². The van der Waals surface area contributed by atoms with Crippen LogP contribution in [0.15, 0.2) is 39.8 Å². The maximum atomic E-state index is 14.3. The first-order valence-corrected chi connectivity index (χ1v) is 9.40. The van der Waals surface area contributed by atoms with E-state index in [4.69, 9.17) is 0 Å². The van der Waals surface area contributed by atoms with Crippen LogP contribution in [0.25, 0.3) is 22.5 Å². The third-order valence-corrected chi connectivity index (χ3v) is 4.84. The van der Waals surface area contributed by atoms with Gasteiger partial charge in [0.25, 0.3) is 6.43 Å². The number of hydrogen-bond donors (Lipinski definition) is 0. The molecule has 27 heavy (non-hydrogen) atoms. The lowest BCUT2D eigenvalue weighted by Crippen LogP contribution is -2.05. The van der Waals surface area contributed by atoms with Crippen LogP contribution >= 0.6 is 0 Å². The van der Waals surface area contributed by atoms with Crippen LogP contribution < -0.4 is 0 Å². The van der Waals surface area contributed by atoms with Crippen LogP contribution in [0, 0.1) is 18.6 Å². The van der Waals surface area contributed by atoms with Gasteiger partial charge in [0.05, 0.1) is 11.3 Å². The first-order chi connectivity index (χ1) is 12.6. The number of rotatable bonds is 4. The topological polar surface area (TPSA) is 73.1 Å². The van der Waals surface area contributed by atoms with Gasteiger partial charge in [-0.1, -0.05) is 11.2 Å². The van der Waals surface area contributed by atoms with Gasteiger partial charge in [0, 0.05) is 11.9 Å². The zero-order valence-electron chi connectivity index (χ0n) is 14.0. The van der Waals surface area contributed by atoms with E-state index in [1.807, 2.05) is 0 Å². The van der Waals surface area contributed by atoms with Crippen LogP contribution in [-0.2, 0) is 9.84 Å². The van der Waals surface area contributed by atoms with E-state index in [2.05, 4.69) is 14.7 Å². The van der Waals surface area contributed by atoms with Gasteiger partial charge in [-0.3, -0.25) is 4.98 Å². The van der Waals surface area contributed by atoms with Gasteiger partial charge in [0.15, 0.2) is 9.84 Å². The monoisotopic (exact) mass is 400 g/mol. The Kier molecular flexibility index (Phi) is 4.77. The van der Waals surface area contributed by atoms with E-state index in [1.165, 1.54) is 6.07 Å². The average Bonchev–Trinajstić information content (AvgIpc) is 2.98. The normalized spacial score (nSPS) is 12.0. The Morgan fingerprint density at radius 1 is 1.11 bits per heavy atom. The van der Waals surface area contributed by atoms with Crippen LogP contribution in [0.3, 0.4) is 0 Å². The zero-order valence-corrected chi connectivity index (χ0v) is 14.8. The van der Waals surface area contributed by atoms with E-state index in [9.17, 15) is 26.0 Å². The van der Waals surface area contributed by atoms with Gasteiger partial charge < -0.3 is 4.52 Å². The molecule has 0 radical (unpaired) electrons. The highest BCUT2D eigenvalue weighted by Crippen LogP contribution is 2.39. The standard InChI is InChI=1S/C17H12F4N2O3S/c1-8-4-3-5-12(22-8)14-13(15(17(20)21)26-23-14)9-6-10(18)16(11(19)7-9)27(2,24)25/h3-7,17H,1-2H3. The lowest BCUT2D eigenvalue weighted by Gasteiger charge is -2.08. The van der Waals surface area contributed by atoms with Gasteiger partial charge in [0.2, 0.25) is 5.76 Å². The number of hydrogen-bond acceptors (Lipinski definition) is 5. The highest BCUT2D eigenvalue weighted by Gasteiger charge is 2.29. The molecule has 3 rings (SSSR count). The van der Waals surface area contributed by atoms with Gasteiger partial charge in [-0.05, 0) is 36.8 Å². The summed E-state index contributed by atoms with van der Waals surface area (Å²) in [6.45, 7) is 1.66. The summed E-state index contributed by atoms with van der Waals surface area (Å²) >= 11 is 0. The van der Waals surface area contributed by atoms with Crippen molar-refractivity contribution in [2.24, 2.45) is 0 Å². The van der Waals surface area contributed by atoms with Crippen LogP contribution in [-0.4, -0.2) is 24.8 Å². The van der Waals surface area contributed by atoms with Crippen molar-refractivity contribution in [3.63, 3.8) is 0 Å². The summed E-state index contributed by atoms with van der Waals surface area (Å²) in [6, 6.07) is 6.04. The highest BCUT2D eigenvalue weighted by molar-refractivity contribution is 7.90. The van der Waals surface area contributed by atoms with E-state index in [0.29, 0.717) is 24.1 Å². The molecule has 10 heteroatoms. The molecule has 1 aromatic carbocycles. The third kappa shape index (κ3) is 3.57. The predicted molar refractivity (Wildman–Crippen MR) is 87.9 cm³/mol. The number of pyridine rings is 1. The molecule has 0 aliphatic rings. The van der Waals surface area contributed by atoms with Crippen LogP contribution in [0.4, 0.5) is 17.6 Å². The molecular weight excluding hydrogens is 388 g/mol. The molecule has 0 N–H and O–H groups in total. The molecule has 0 unspecified atom stereocenters. The lowest BCUT2D eigenvalue weighted by molar-refractivity contribution is 0.113. The summed E-state index contributed by atoms with van der Waals surface area (Å²) in [5, 5.41) is 3.58. The Morgan fingerprint density at radius 2 is 1.74 bits per heavy atom. The lowest BCUT2D eigenvalue weighted by atomic mass is 10.0. The van der Waals surface area contributed by atoms with E-state index in [-0.39, 0.29) is 22.5 Å². The van der Waals surface area contributed by atoms with Crippen LogP contribution in [0.5, 0.6) is 0 Å². The Morgan fingerprint density at radius 3 is 2.26 bits per heavy atom. The fourth-order valence-corrected chi connectivity index (χ4v) is 3.47. The Hall–Kier alpha value is -2.75. The van der Waals surface area contributed by atoms with E-state index < -0.39 is 38.6 Å². The molecular formula is C17H12F4N2O3S. The smallest absolute Gasteiger partial charge is 0.298 e. The van der Waals surface area contributed by atoms with Gasteiger partial charge in [-0.25, -0.2) is 26.0 Å². The molecule has 0 aliphatic heterocycles. The second-order valence-electron chi connectivity index (χ2n) is 5.78. The Labute approximate surface area is 151 Å². The molecule has 0 atom stereocenters. The second-order valence-corrected chi connectivity index (χ2v) is 7.73. The fourth-order valence-electron chi connectivity index (χ4n) is 2.64. The SMILES string of the molecule is Cc1cccc(-c2noc(C(F)F)c2-c2cc(F)c(S(C)(=O)=O)c(F)c2)n1. The largest absolute Gasteiger partial charge is 0.354 e. The molecule has 142 valence electrons. The molecule has 5 nitrogen and oxygen atoms in total. The quantitative estimate of drug-likeness (QED) is 0.610. The summed E-state index contributed by atoms with van der Waals surface area (Å²) in [6.07, 6.45) is -2.48. The molecule has 0 amide bonds. The van der Waals surface area contributed by atoms with Crippen molar-refractivity contribution in [3.8, 4) is 22.5 Å². The minimum Gasteiger partial charge on any atom is -0.354 e. The average molecular weight is 400 g/mol. The van der Waals surface area contributed by atoms with Crippen molar-refractivity contribution in [2.75, 3.05) is 6.26 Å². The molecule has 0 bridgehead atoms. The maximum Gasteiger partial charge on any atom is 0.298 e. The van der Waals surface area contributed by atoms with Gasteiger partial charge in [-0.2, -0.15) is 0 Å². The molecule has 0 saturated carbocycles. The highest BCUT2D eigenvalue weighted by atomic mass is 32.2. The summed E-state index contributed by atoms with van der Waals surface area (Å²) in [7, 11) is -4.19. The Balaban J connectivity index is 2.30. The zero-order chi connectivity index (χ0) is 19.9. The number of benzene rings is 1. The van der Waals surface area contributed by atoms with Crippen LogP contribution in [0.1, 0.15) is 17.9 Å². The molecule has 3 aromatic rings. The molecule has 2 aromatic heterocycles. The number of sulfone groups is 1. The van der Waals surface area contributed by atoms with Crippen LogP contribution in [0.2, 0.25) is 0 Å². The van der Waals surface area contributed by atoms with Crippen molar-refractivity contribution in [3.05, 3.63) is 53.4 Å². The minimum atomic E-state index is -4.19. The van der Waals surface area contributed by atoms with Crippen molar-refractivity contribution in [1.82, 2.24) is 10.1 Å². The van der Waals surface area contributed by atoms with Crippen molar-refractivity contribution < 1.29 is 30.5 Å². The fraction of sp³-hybridized carbons (Fsp3) is 0.176. The van der Waals surface area contributed by atoms with E-state index in [1.54, 1.807) is 19.1 Å². The number of aryl methyl sites for hydroxylation is 1.